The Morgan fingerprint density at radius 3 is 2.76 bits per heavy atom. The van der Waals surface area contributed by atoms with Gasteiger partial charge in [-0.1, -0.05) is 29.3 Å². The van der Waals surface area contributed by atoms with E-state index >= 15 is 0 Å². The summed E-state index contributed by atoms with van der Waals surface area (Å²) in [4.78, 5) is 0. The number of nitrogens with one attached hydrogen (secondary N) is 1. The lowest BCUT2D eigenvalue weighted by molar-refractivity contribution is 0.565. The maximum Gasteiger partial charge on any atom is 0.0670 e. The number of halogens is 2. The molecular formula is C13H16BrClN2. The average Bonchev–Trinajstić information content (AvgIpc) is 2.36. The van der Waals surface area contributed by atoms with Gasteiger partial charge in [-0.15, -0.1) is 0 Å². The fourth-order valence-electron chi connectivity index (χ4n) is 2.23. The molecule has 0 aliphatic heterocycles. The zero-order valence-electron chi connectivity index (χ0n) is 9.55. The molecular weight excluding hydrogens is 300 g/mol. The fourth-order valence-corrected chi connectivity index (χ4v) is 2.75. The van der Waals surface area contributed by atoms with Crippen LogP contribution in [0.3, 0.4) is 0 Å². The minimum Gasteiger partial charge on any atom is -0.271 e. The van der Waals surface area contributed by atoms with Gasteiger partial charge < -0.3 is 0 Å². The summed E-state index contributed by atoms with van der Waals surface area (Å²) in [5.41, 5.74) is 5.43. The van der Waals surface area contributed by atoms with E-state index < -0.39 is 0 Å². The fraction of sp³-hybridized carbons (Fsp3) is 0.385. The number of benzene rings is 1. The van der Waals surface area contributed by atoms with Gasteiger partial charge in [-0.05, 0) is 59.3 Å². The molecule has 0 fully saturated rings. The summed E-state index contributed by atoms with van der Waals surface area (Å²) in [6.45, 7) is 0. The van der Waals surface area contributed by atoms with E-state index in [-0.39, 0.29) is 6.04 Å². The van der Waals surface area contributed by atoms with Crippen molar-refractivity contribution in [2.75, 3.05) is 0 Å². The molecule has 1 unspecified atom stereocenters. The lowest BCUT2D eigenvalue weighted by Crippen LogP contribution is -2.30. The first kappa shape index (κ1) is 13.1. The van der Waals surface area contributed by atoms with Crippen LogP contribution in [-0.4, -0.2) is 0 Å². The monoisotopic (exact) mass is 314 g/mol. The van der Waals surface area contributed by atoms with Gasteiger partial charge in [0.2, 0.25) is 0 Å². The lowest BCUT2D eigenvalue weighted by atomic mass is 9.90. The van der Waals surface area contributed by atoms with E-state index in [0.717, 1.165) is 27.9 Å². The van der Waals surface area contributed by atoms with E-state index in [1.54, 1.807) is 0 Å². The van der Waals surface area contributed by atoms with E-state index in [1.807, 2.05) is 18.2 Å². The highest BCUT2D eigenvalue weighted by Crippen LogP contribution is 2.32. The second kappa shape index (κ2) is 6.01. The Morgan fingerprint density at radius 2 is 2.18 bits per heavy atom. The highest BCUT2D eigenvalue weighted by atomic mass is 79.9. The quantitative estimate of drug-likeness (QED) is 0.500. The average molecular weight is 316 g/mol. The predicted molar refractivity (Wildman–Crippen MR) is 75.8 cm³/mol. The number of hydrogen-bond acceptors (Lipinski definition) is 2. The number of hydrazine groups is 1. The largest absolute Gasteiger partial charge is 0.271 e. The highest BCUT2D eigenvalue weighted by molar-refractivity contribution is 9.10. The molecule has 0 aromatic heterocycles. The molecule has 0 saturated carbocycles. The van der Waals surface area contributed by atoms with Crippen molar-refractivity contribution in [1.29, 1.82) is 0 Å². The summed E-state index contributed by atoms with van der Waals surface area (Å²) >= 11 is 9.45. The van der Waals surface area contributed by atoms with Crippen molar-refractivity contribution in [2.45, 2.75) is 31.7 Å². The van der Waals surface area contributed by atoms with Gasteiger partial charge in [0.15, 0.2) is 0 Å². The van der Waals surface area contributed by atoms with E-state index in [4.69, 9.17) is 17.4 Å². The molecule has 0 heterocycles. The van der Waals surface area contributed by atoms with E-state index in [2.05, 4.69) is 27.4 Å². The molecule has 0 saturated heterocycles. The van der Waals surface area contributed by atoms with Gasteiger partial charge in [0, 0.05) is 4.47 Å². The van der Waals surface area contributed by atoms with Gasteiger partial charge in [-0.3, -0.25) is 5.84 Å². The zero-order valence-corrected chi connectivity index (χ0v) is 11.9. The van der Waals surface area contributed by atoms with Crippen molar-refractivity contribution >= 4 is 27.5 Å². The molecule has 1 aromatic rings. The molecule has 1 aliphatic carbocycles. The molecule has 2 rings (SSSR count). The van der Waals surface area contributed by atoms with Gasteiger partial charge in [-0.2, -0.15) is 0 Å². The molecule has 2 nitrogen and oxygen atoms in total. The Morgan fingerprint density at radius 1 is 1.35 bits per heavy atom. The molecule has 4 heteroatoms. The SMILES string of the molecule is NNC(C1=CCCCC1)c1ccc(Cl)c(Br)c1. The summed E-state index contributed by atoms with van der Waals surface area (Å²) in [7, 11) is 0. The first-order chi connectivity index (χ1) is 8.22. The first-order valence-corrected chi connectivity index (χ1v) is 6.99. The second-order valence-electron chi connectivity index (χ2n) is 4.30. The molecule has 1 aromatic carbocycles. The standard InChI is InChI=1S/C13H16BrClN2/c14-11-8-10(6-7-12(11)15)13(17-16)9-4-2-1-3-5-9/h4,6-8,13,17H,1-3,5,16H2. The Balaban J connectivity index is 2.28. The van der Waals surface area contributed by atoms with Gasteiger partial charge in [0.25, 0.3) is 0 Å². The zero-order chi connectivity index (χ0) is 12.3. The van der Waals surface area contributed by atoms with Crippen LogP contribution in [0.1, 0.15) is 37.3 Å². The van der Waals surface area contributed by atoms with Crippen LogP contribution in [0.4, 0.5) is 0 Å². The molecule has 17 heavy (non-hydrogen) atoms. The van der Waals surface area contributed by atoms with Gasteiger partial charge in [0.1, 0.15) is 0 Å². The third-order valence-electron chi connectivity index (χ3n) is 3.14. The van der Waals surface area contributed by atoms with Crippen LogP contribution in [0, 0.1) is 0 Å². The maximum atomic E-state index is 6.00. The number of rotatable bonds is 3. The van der Waals surface area contributed by atoms with Gasteiger partial charge in [0.05, 0.1) is 11.1 Å². The Kier molecular flexibility index (Phi) is 4.62. The highest BCUT2D eigenvalue weighted by Gasteiger charge is 2.17. The lowest BCUT2D eigenvalue weighted by Gasteiger charge is -2.23. The van der Waals surface area contributed by atoms with Crippen LogP contribution in [0.25, 0.3) is 0 Å². The van der Waals surface area contributed by atoms with Crippen molar-refractivity contribution in [3.63, 3.8) is 0 Å². The summed E-state index contributed by atoms with van der Waals surface area (Å²) in [6.07, 6.45) is 7.11. The predicted octanol–water partition coefficient (Wildman–Crippen LogP) is 4.11. The number of allylic oxidation sites excluding steroid dienone is 1. The smallest absolute Gasteiger partial charge is 0.0670 e. The topological polar surface area (TPSA) is 38.0 Å². The van der Waals surface area contributed by atoms with Crippen molar-refractivity contribution in [3.05, 3.63) is 44.9 Å². The van der Waals surface area contributed by atoms with Gasteiger partial charge in [-0.25, -0.2) is 5.43 Å². The van der Waals surface area contributed by atoms with Gasteiger partial charge >= 0.3 is 0 Å². The molecule has 1 atom stereocenters. The molecule has 0 radical (unpaired) electrons. The molecule has 92 valence electrons. The summed E-state index contributed by atoms with van der Waals surface area (Å²) in [5.74, 6) is 5.68. The maximum absolute atomic E-state index is 6.00. The third-order valence-corrected chi connectivity index (χ3v) is 4.35. The summed E-state index contributed by atoms with van der Waals surface area (Å²) in [6, 6.07) is 6.05. The van der Waals surface area contributed by atoms with E-state index in [0.29, 0.717) is 0 Å². The normalized spacial score (nSPS) is 17.7. The van der Waals surface area contributed by atoms with Crippen molar-refractivity contribution in [2.24, 2.45) is 5.84 Å². The minimum atomic E-state index is 0.101. The minimum absolute atomic E-state index is 0.101. The Bertz CT molecular complexity index is 431. The van der Waals surface area contributed by atoms with E-state index in [9.17, 15) is 0 Å². The van der Waals surface area contributed by atoms with Crippen LogP contribution in [0.2, 0.25) is 5.02 Å². The molecule has 1 aliphatic rings. The molecule has 0 bridgehead atoms. The van der Waals surface area contributed by atoms with Crippen LogP contribution >= 0.6 is 27.5 Å². The Labute approximate surface area is 115 Å². The molecule has 0 spiro atoms. The van der Waals surface area contributed by atoms with Crippen LogP contribution in [-0.2, 0) is 0 Å². The van der Waals surface area contributed by atoms with Crippen LogP contribution < -0.4 is 11.3 Å². The van der Waals surface area contributed by atoms with Crippen LogP contribution in [0.5, 0.6) is 0 Å². The number of nitrogens with two attached hydrogens (primary N) is 1. The Hall–Kier alpha value is -0.350. The third kappa shape index (κ3) is 3.10. The van der Waals surface area contributed by atoms with Crippen molar-refractivity contribution < 1.29 is 0 Å². The second-order valence-corrected chi connectivity index (χ2v) is 5.56. The first-order valence-electron chi connectivity index (χ1n) is 5.82. The van der Waals surface area contributed by atoms with E-state index in [1.165, 1.54) is 18.4 Å². The molecule has 0 amide bonds. The van der Waals surface area contributed by atoms with Crippen molar-refractivity contribution in [1.82, 2.24) is 5.43 Å². The van der Waals surface area contributed by atoms with Crippen molar-refractivity contribution in [3.8, 4) is 0 Å². The van der Waals surface area contributed by atoms with Crippen LogP contribution in [0.15, 0.2) is 34.3 Å². The summed E-state index contributed by atoms with van der Waals surface area (Å²) < 4.78 is 0.910. The molecule has 3 N–H and O–H groups in total. The number of hydrogen-bond donors (Lipinski definition) is 2. The summed E-state index contributed by atoms with van der Waals surface area (Å²) in [5, 5.41) is 0.724.